The van der Waals surface area contributed by atoms with Gasteiger partial charge in [-0.2, -0.15) is 0 Å². The lowest BCUT2D eigenvalue weighted by atomic mass is 10.0. The molecule has 0 aliphatic rings. The number of alkyl carbamates (subject to hydrolysis) is 1. The van der Waals surface area contributed by atoms with Gasteiger partial charge >= 0.3 is 25.9 Å². The average molecular weight is 878 g/mol. The van der Waals surface area contributed by atoms with Gasteiger partial charge in [-0.1, -0.05) is 194 Å². The highest BCUT2D eigenvalue weighted by molar-refractivity contribution is 7.47. The molecule has 0 aromatic carbocycles. The van der Waals surface area contributed by atoms with Gasteiger partial charge in [-0.15, -0.1) is 0 Å². The molecule has 12 nitrogen and oxygen atoms in total. The lowest BCUT2D eigenvalue weighted by Gasteiger charge is -2.20. The first kappa shape index (κ1) is 58.3. The standard InChI is InChI=1S/C47H92NO11P/c1-5-7-9-11-13-15-17-19-21-23-25-27-29-31-33-35-45(49)56-41-44(42-58-60(52,53)57-40-38-48-47(51)55-39-37-43(3)54-4)59-46(50)36-34-32-30-28-26-24-22-20-18-16-14-12-10-8-6-2/h43-44H,5-42H2,1-4H3,(H,48,51)(H,52,53)/t43?,44-/m1/s1. The van der Waals surface area contributed by atoms with E-state index in [9.17, 15) is 23.8 Å². The number of hydrogen-bond acceptors (Lipinski definition) is 10. The zero-order chi connectivity index (χ0) is 44.2. The monoisotopic (exact) mass is 878 g/mol. The summed E-state index contributed by atoms with van der Waals surface area (Å²) in [5.74, 6) is -0.890. The maximum atomic E-state index is 12.7. The van der Waals surface area contributed by atoms with Crippen LogP contribution in [0.1, 0.15) is 233 Å². The third-order valence-corrected chi connectivity index (χ3v) is 11.9. The van der Waals surface area contributed by atoms with Crippen molar-refractivity contribution in [3.63, 3.8) is 0 Å². The van der Waals surface area contributed by atoms with Crippen LogP contribution in [0.5, 0.6) is 0 Å². The Bertz CT molecular complexity index is 1030. The lowest BCUT2D eigenvalue weighted by Crippen LogP contribution is -2.30. The first-order valence-electron chi connectivity index (χ1n) is 24.5. The largest absolute Gasteiger partial charge is 0.472 e. The summed E-state index contributed by atoms with van der Waals surface area (Å²) in [6.45, 7) is 5.30. The number of hydrogen-bond donors (Lipinski definition) is 2. The van der Waals surface area contributed by atoms with Crippen LogP contribution in [0.3, 0.4) is 0 Å². The Hall–Kier alpha value is -1.72. The molecule has 0 saturated heterocycles. The number of phosphoric ester groups is 1. The van der Waals surface area contributed by atoms with Crippen LogP contribution in [0.25, 0.3) is 0 Å². The highest BCUT2D eigenvalue weighted by Crippen LogP contribution is 2.43. The Kier molecular flexibility index (Phi) is 42.7. The molecule has 0 aromatic heterocycles. The van der Waals surface area contributed by atoms with Crippen molar-refractivity contribution in [2.75, 3.05) is 40.1 Å². The van der Waals surface area contributed by atoms with E-state index in [0.717, 1.165) is 32.1 Å². The minimum absolute atomic E-state index is 0.0575. The smallest absolute Gasteiger partial charge is 0.462 e. The van der Waals surface area contributed by atoms with Gasteiger partial charge < -0.3 is 29.2 Å². The van der Waals surface area contributed by atoms with Crippen LogP contribution in [-0.4, -0.2) is 75.2 Å². The van der Waals surface area contributed by atoms with Gasteiger partial charge in [0.1, 0.15) is 6.61 Å². The van der Waals surface area contributed by atoms with Crippen molar-refractivity contribution >= 4 is 25.9 Å². The van der Waals surface area contributed by atoms with E-state index in [-0.39, 0.29) is 45.3 Å². The Morgan fingerprint density at radius 1 is 0.533 bits per heavy atom. The van der Waals surface area contributed by atoms with Gasteiger partial charge in [0.2, 0.25) is 0 Å². The van der Waals surface area contributed by atoms with Crippen LogP contribution in [-0.2, 0) is 42.1 Å². The van der Waals surface area contributed by atoms with E-state index in [1.807, 2.05) is 6.92 Å². The molecule has 3 atom stereocenters. The summed E-state index contributed by atoms with van der Waals surface area (Å²) in [6, 6.07) is 0. The fourth-order valence-electron chi connectivity index (χ4n) is 6.92. The quantitative estimate of drug-likeness (QED) is 0.0260. The number of phosphoric acid groups is 1. The zero-order valence-electron chi connectivity index (χ0n) is 39.0. The van der Waals surface area contributed by atoms with Crippen LogP contribution in [0.4, 0.5) is 4.79 Å². The van der Waals surface area contributed by atoms with Crippen LogP contribution in [0, 0.1) is 0 Å². The number of carbonyl (C=O) groups is 3. The molecule has 2 N–H and O–H groups in total. The molecule has 0 radical (unpaired) electrons. The number of amides is 1. The number of esters is 2. The minimum Gasteiger partial charge on any atom is -0.462 e. The van der Waals surface area contributed by atoms with E-state index in [2.05, 4.69) is 19.2 Å². The van der Waals surface area contributed by atoms with Gasteiger partial charge in [-0.3, -0.25) is 18.6 Å². The number of unbranched alkanes of at least 4 members (excludes halogenated alkanes) is 28. The summed E-state index contributed by atoms with van der Waals surface area (Å²) in [5, 5.41) is 2.43. The van der Waals surface area contributed by atoms with E-state index in [0.29, 0.717) is 19.3 Å². The van der Waals surface area contributed by atoms with Crippen molar-refractivity contribution in [2.45, 2.75) is 245 Å². The number of methoxy groups -OCH3 is 1. The first-order chi connectivity index (χ1) is 29.1. The molecule has 356 valence electrons. The van der Waals surface area contributed by atoms with E-state index in [4.69, 9.17) is 28.0 Å². The average Bonchev–Trinajstić information content (AvgIpc) is 3.23. The SMILES string of the molecule is CCCCCCCCCCCCCCCCCC(=O)OC[C@H](COP(=O)(O)OCCNC(=O)OCCC(C)OC)OC(=O)CCCCCCCCCCCCCCCCC. The van der Waals surface area contributed by atoms with Crippen molar-refractivity contribution < 1.29 is 51.8 Å². The van der Waals surface area contributed by atoms with Crippen LogP contribution in [0.15, 0.2) is 0 Å². The van der Waals surface area contributed by atoms with Gasteiger partial charge in [0, 0.05) is 32.9 Å². The third kappa shape index (κ3) is 42.9. The van der Waals surface area contributed by atoms with E-state index < -0.39 is 38.6 Å². The third-order valence-electron chi connectivity index (χ3n) is 10.9. The zero-order valence-corrected chi connectivity index (χ0v) is 39.9. The first-order valence-corrected chi connectivity index (χ1v) is 26.0. The predicted molar refractivity (Wildman–Crippen MR) is 242 cm³/mol. The van der Waals surface area contributed by atoms with E-state index in [1.54, 1.807) is 7.11 Å². The minimum atomic E-state index is -4.58. The molecule has 0 saturated carbocycles. The fourth-order valence-corrected chi connectivity index (χ4v) is 7.67. The summed E-state index contributed by atoms with van der Waals surface area (Å²) in [4.78, 5) is 47.4. The van der Waals surface area contributed by atoms with Crippen molar-refractivity contribution in [1.82, 2.24) is 5.32 Å². The van der Waals surface area contributed by atoms with Crippen LogP contribution in [0.2, 0.25) is 0 Å². The maximum Gasteiger partial charge on any atom is 0.472 e. The van der Waals surface area contributed by atoms with Gasteiger partial charge in [-0.25, -0.2) is 9.36 Å². The summed E-state index contributed by atoms with van der Waals surface area (Å²) in [5.41, 5.74) is 0. The molecule has 0 rings (SSSR count). The molecule has 2 unspecified atom stereocenters. The normalized spacial score (nSPS) is 13.4. The summed E-state index contributed by atoms with van der Waals surface area (Å²) >= 11 is 0. The molecule has 0 aromatic rings. The molecule has 13 heteroatoms. The predicted octanol–water partition coefficient (Wildman–Crippen LogP) is 13.2. The molecular weight excluding hydrogens is 785 g/mol. The van der Waals surface area contributed by atoms with E-state index in [1.165, 1.54) is 148 Å². The summed E-state index contributed by atoms with van der Waals surface area (Å²) in [6.07, 6.45) is 36.0. The molecule has 1 amide bonds. The highest BCUT2D eigenvalue weighted by Gasteiger charge is 2.26. The van der Waals surface area contributed by atoms with Crippen molar-refractivity contribution in [1.29, 1.82) is 0 Å². The van der Waals surface area contributed by atoms with E-state index >= 15 is 0 Å². The Labute approximate surface area is 367 Å². The van der Waals surface area contributed by atoms with Crippen LogP contribution < -0.4 is 5.32 Å². The lowest BCUT2D eigenvalue weighted by molar-refractivity contribution is -0.161. The summed E-state index contributed by atoms with van der Waals surface area (Å²) < 4.78 is 43.8. The van der Waals surface area contributed by atoms with Gasteiger partial charge in [-0.05, 0) is 19.8 Å². The van der Waals surface area contributed by atoms with Crippen molar-refractivity contribution in [2.24, 2.45) is 0 Å². The number of ether oxygens (including phenoxy) is 4. The molecule has 0 heterocycles. The Morgan fingerprint density at radius 3 is 1.35 bits per heavy atom. The second-order valence-corrected chi connectivity index (χ2v) is 18.1. The molecule has 0 aliphatic carbocycles. The number of carbonyl (C=O) groups excluding carboxylic acids is 3. The molecule has 60 heavy (non-hydrogen) atoms. The molecule has 0 bridgehead atoms. The number of rotatable bonds is 46. The molecule has 0 aliphatic heterocycles. The second kappa shape index (κ2) is 43.9. The Balaban J connectivity index is 4.48. The van der Waals surface area contributed by atoms with Crippen molar-refractivity contribution in [3.05, 3.63) is 0 Å². The van der Waals surface area contributed by atoms with Gasteiger partial charge in [0.25, 0.3) is 0 Å². The fraction of sp³-hybridized carbons (Fsp3) is 0.936. The Morgan fingerprint density at radius 2 is 0.933 bits per heavy atom. The topological polar surface area (TPSA) is 156 Å². The molecule has 0 fully saturated rings. The number of nitrogens with one attached hydrogen (secondary N) is 1. The van der Waals surface area contributed by atoms with Crippen LogP contribution >= 0.6 is 7.82 Å². The van der Waals surface area contributed by atoms with Gasteiger partial charge in [0.15, 0.2) is 6.10 Å². The van der Waals surface area contributed by atoms with Gasteiger partial charge in [0.05, 0.1) is 25.9 Å². The molecular formula is C47H92NO11P. The highest BCUT2D eigenvalue weighted by atomic mass is 31.2. The summed E-state index contributed by atoms with van der Waals surface area (Å²) in [7, 11) is -3.01. The second-order valence-electron chi connectivity index (χ2n) is 16.7. The maximum absolute atomic E-state index is 12.7. The van der Waals surface area contributed by atoms with Crippen molar-refractivity contribution in [3.8, 4) is 0 Å². The molecule has 0 spiro atoms.